The smallest absolute Gasteiger partial charge is 0.106 e. The summed E-state index contributed by atoms with van der Waals surface area (Å²) in [6, 6.07) is 21.0. The Hall–Kier alpha value is -1.93. The molecule has 2 aromatic rings. The molecule has 1 aliphatic carbocycles. The highest BCUT2D eigenvalue weighted by Crippen LogP contribution is 2.53. The Kier molecular flexibility index (Phi) is 3.74. The minimum atomic E-state index is 0.395. The van der Waals surface area contributed by atoms with Gasteiger partial charge in [-0.05, 0) is 36.8 Å². The summed E-state index contributed by atoms with van der Waals surface area (Å²) in [6.45, 7) is 2.15. The van der Waals surface area contributed by atoms with Crippen molar-refractivity contribution in [1.29, 1.82) is 0 Å². The highest BCUT2D eigenvalue weighted by atomic mass is 15.5. The molecule has 0 bridgehead atoms. The van der Waals surface area contributed by atoms with Crippen LogP contribution in [-0.4, -0.2) is 22.8 Å². The van der Waals surface area contributed by atoms with Crippen LogP contribution in [0.1, 0.15) is 54.8 Å². The maximum atomic E-state index is 5.26. The Morgan fingerprint density at radius 1 is 0.840 bits per heavy atom. The summed E-state index contributed by atoms with van der Waals surface area (Å²) < 4.78 is 0. The van der Waals surface area contributed by atoms with Gasteiger partial charge in [-0.2, -0.15) is 0 Å². The van der Waals surface area contributed by atoms with Gasteiger partial charge in [-0.25, -0.2) is 0 Å². The molecule has 0 aromatic heterocycles. The molecule has 2 heterocycles. The molecule has 5 rings (SSSR count). The Labute approximate surface area is 150 Å². The lowest BCUT2D eigenvalue weighted by molar-refractivity contribution is 0.219. The summed E-state index contributed by atoms with van der Waals surface area (Å²) >= 11 is 0. The van der Waals surface area contributed by atoms with Crippen LogP contribution in [0.5, 0.6) is 0 Å². The average Bonchev–Trinajstić information content (AvgIpc) is 3.28. The SMILES string of the molecule is Cc1ccc(C2=NC(C3CCCCC3)N3C2C3c2ccccc2)cc1. The van der Waals surface area contributed by atoms with Gasteiger partial charge in [0.05, 0.1) is 17.8 Å². The van der Waals surface area contributed by atoms with Gasteiger partial charge in [0, 0.05) is 0 Å². The molecule has 3 aliphatic rings. The van der Waals surface area contributed by atoms with Crippen molar-refractivity contribution in [2.24, 2.45) is 10.9 Å². The quantitative estimate of drug-likeness (QED) is 0.712. The lowest BCUT2D eigenvalue weighted by Gasteiger charge is -2.28. The molecule has 2 nitrogen and oxygen atoms in total. The third kappa shape index (κ3) is 2.64. The standard InChI is InChI=1S/C23H26N2/c1-16-12-14-17(15-13-16)20-22-21(18-8-4-2-5-9-18)25(22)23(24-20)19-10-6-3-7-11-19/h2,4-5,8-9,12-15,19,21-23H,3,6-7,10-11H2,1H3. The molecule has 0 spiro atoms. The molecule has 2 fully saturated rings. The lowest BCUT2D eigenvalue weighted by atomic mass is 9.87. The fourth-order valence-electron chi connectivity index (χ4n) is 4.91. The van der Waals surface area contributed by atoms with E-state index in [2.05, 4.69) is 66.4 Å². The molecular weight excluding hydrogens is 304 g/mol. The molecule has 1 saturated carbocycles. The number of fused-ring (bicyclic) bond motifs is 1. The highest BCUT2D eigenvalue weighted by Gasteiger charge is 2.60. The van der Waals surface area contributed by atoms with Crippen LogP contribution in [0.3, 0.4) is 0 Å². The minimum absolute atomic E-state index is 0.395. The molecule has 2 heteroatoms. The van der Waals surface area contributed by atoms with E-state index in [4.69, 9.17) is 4.99 Å². The monoisotopic (exact) mass is 330 g/mol. The largest absolute Gasteiger partial charge is 0.268 e. The van der Waals surface area contributed by atoms with Crippen LogP contribution in [0.2, 0.25) is 0 Å². The fraction of sp³-hybridized carbons (Fsp3) is 0.435. The Morgan fingerprint density at radius 2 is 1.56 bits per heavy atom. The maximum Gasteiger partial charge on any atom is 0.106 e. The van der Waals surface area contributed by atoms with Crippen molar-refractivity contribution in [3.05, 3.63) is 71.3 Å². The van der Waals surface area contributed by atoms with Crippen molar-refractivity contribution < 1.29 is 0 Å². The third-order valence-corrected chi connectivity index (χ3v) is 6.27. The molecule has 2 aliphatic heterocycles. The Balaban J connectivity index is 1.50. The first-order valence-electron chi connectivity index (χ1n) is 9.80. The molecular formula is C23H26N2. The average molecular weight is 330 g/mol. The van der Waals surface area contributed by atoms with Crippen LogP contribution in [0.4, 0.5) is 0 Å². The Bertz CT molecular complexity index is 771. The van der Waals surface area contributed by atoms with Gasteiger partial charge in [-0.15, -0.1) is 0 Å². The molecule has 4 unspecified atom stereocenters. The van der Waals surface area contributed by atoms with E-state index in [1.54, 1.807) is 0 Å². The summed E-state index contributed by atoms with van der Waals surface area (Å²) in [7, 11) is 0. The molecule has 0 N–H and O–H groups in total. The van der Waals surface area contributed by atoms with Crippen LogP contribution in [0.25, 0.3) is 0 Å². The second-order valence-corrected chi connectivity index (χ2v) is 7.94. The van der Waals surface area contributed by atoms with E-state index in [1.807, 2.05) is 0 Å². The molecule has 0 amide bonds. The Morgan fingerprint density at radius 3 is 2.28 bits per heavy atom. The van der Waals surface area contributed by atoms with Crippen LogP contribution in [-0.2, 0) is 0 Å². The summed E-state index contributed by atoms with van der Waals surface area (Å²) in [5, 5.41) is 0. The van der Waals surface area contributed by atoms with Gasteiger partial charge in [0.2, 0.25) is 0 Å². The van der Waals surface area contributed by atoms with Crippen molar-refractivity contribution in [3.63, 3.8) is 0 Å². The minimum Gasteiger partial charge on any atom is -0.268 e. The maximum absolute atomic E-state index is 5.26. The van der Waals surface area contributed by atoms with E-state index in [1.165, 1.54) is 54.5 Å². The lowest BCUT2D eigenvalue weighted by Crippen LogP contribution is -2.27. The number of rotatable bonds is 3. The second-order valence-electron chi connectivity index (χ2n) is 7.94. The first kappa shape index (κ1) is 15.3. The van der Waals surface area contributed by atoms with E-state index >= 15 is 0 Å². The molecule has 128 valence electrons. The number of nitrogens with zero attached hydrogens (tertiary/aromatic N) is 2. The van der Waals surface area contributed by atoms with E-state index in [0.29, 0.717) is 18.2 Å². The van der Waals surface area contributed by atoms with Gasteiger partial charge < -0.3 is 0 Å². The van der Waals surface area contributed by atoms with E-state index < -0.39 is 0 Å². The van der Waals surface area contributed by atoms with Crippen LogP contribution in [0.15, 0.2) is 59.6 Å². The number of aliphatic imine (C=N–C) groups is 1. The predicted molar refractivity (Wildman–Crippen MR) is 103 cm³/mol. The summed E-state index contributed by atoms with van der Waals surface area (Å²) in [4.78, 5) is 7.94. The second kappa shape index (κ2) is 6.10. The normalized spacial score (nSPS) is 31.5. The summed E-state index contributed by atoms with van der Waals surface area (Å²) in [6.07, 6.45) is 7.26. The zero-order valence-corrected chi connectivity index (χ0v) is 14.9. The van der Waals surface area contributed by atoms with E-state index in [9.17, 15) is 0 Å². The highest BCUT2D eigenvalue weighted by molar-refractivity contribution is 6.08. The first-order valence-corrected chi connectivity index (χ1v) is 9.80. The van der Waals surface area contributed by atoms with Crippen molar-refractivity contribution >= 4 is 5.71 Å². The van der Waals surface area contributed by atoms with Gasteiger partial charge in [-0.3, -0.25) is 9.89 Å². The van der Waals surface area contributed by atoms with Crippen molar-refractivity contribution in [2.75, 3.05) is 0 Å². The number of benzene rings is 2. The van der Waals surface area contributed by atoms with Crippen molar-refractivity contribution in [1.82, 2.24) is 4.90 Å². The number of hydrogen-bond donors (Lipinski definition) is 0. The molecule has 4 atom stereocenters. The molecule has 25 heavy (non-hydrogen) atoms. The van der Waals surface area contributed by atoms with Crippen LogP contribution >= 0.6 is 0 Å². The van der Waals surface area contributed by atoms with Crippen molar-refractivity contribution in [2.45, 2.75) is 57.3 Å². The summed E-state index contributed by atoms with van der Waals surface area (Å²) in [5.74, 6) is 0.743. The zero-order chi connectivity index (χ0) is 16.8. The first-order chi connectivity index (χ1) is 12.3. The zero-order valence-electron chi connectivity index (χ0n) is 14.9. The fourth-order valence-corrected chi connectivity index (χ4v) is 4.91. The number of hydrogen-bond acceptors (Lipinski definition) is 2. The molecule has 1 saturated heterocycles. The molecule has 0 radical (unpaired) electrons. The van der Waals surface area contributed by atoms with Gasteiger partial charge in [0.25, 0.3) is 0 Å². The van der Waals surface area contributed by atoms with Gasteiger partial charge >= 0.3 is 0 Å². The van der Waals surface area contributed by atoms with Crippen LogP contribution in [0, 0.1) is 12.8 Å². The van der Waals surface area contributed by atoms with Gasteiger partial charge in [0.15, 0.2) is 0 Å². The van der Waals surface area contributed by atoms with Gasteiger partial charge in [0.1, 0.15) is 6.17 Å². The topological polar surface area (TPSA) is 15.4 Å². The van der Waals surface area contributed by atoms with E-state index in [-0.39, 0.29) is 0 Å². The number of aryl methyl sites for hydroxylation is 1. The van der Waals surface area contributed by atoms with E-state index in [0.717, 1.165) is 5.92 Å². The summed E-state index contributed by atoms with van der Waals surface area (Å²) in [5.41, 5.74) is 5.41. The molecule has 2 aromatic carbocycles. The van der Waals surface area contributed by atoms with Crippen LogP contribution < -0.4 is 0 Å². The van der Waals surface area contributed by atoms with Crippen molar-refractivity contribution in [3.8, 4) is 0 Å². The third-order valence-electron chi connectivity index (χ3n) is 6.27. The predicted octanol–water partition coefficient (Wildman–Crippen LogP) is 5.13. The van der Waals surface area contributed by atoms with Gasteiger partial charge in [-0.1, -0.05) is 79.4 Å².